The topological polar surface area (TPSA) is 56.1 Å². The number of amides is 1. The van der Waals surface area contributed by atoms with Gasteiger partial charge in [-0.25, -0.2) is 0 Å². The molecular weight excluding hydrogens is 262 g/mol. The average Bonchev–Trinajstić information content (AvgIpc) is 3.38. The Bertz CT molecular complexity index is 552. The van der Waals surface area contributed by atoms with Gasteiger partial charge in [-0.2, -0.15) is 5.26 Å². The third-order valence-electron chi connectivity index (χ3n) is 4.43. The molecule has 110 valence electrons. The lowest BCUT2D eigenvalue weighted by Gasteiger charge is -2.29. The number of nitrogens with zero attached hydrogens (tertiary/aromatic N) is 2. The van der Waals surface area contributed by atoms with Crippen LogP contribution in [-0.2, 0) is 4.79 Å². The fourth-order valence-corrected chi connectivity index (χ4v) is 2.85. The first-order valence-corrected chi connectivity index (χ1v) is 7.74. The van der Waals surface area contributed by atoms with Gasteiger partial charge >= 0.3 is 0 Å². The maximum Gasteiger partial charge on any atom is 0.242 e. The molecule has 0 unspecified atom stereocenters. The largest absolute Gasteiger partial charge is 0.376 e. The zero-order valence-electron chi connectivity index (χ0n) is 12.4. The minimum Gasteiger partial charge on any atom is -0.376 e. The van der Waals surface area contributed by atoms with Crippen molar-refractivity contribution in [3.8, 4) is 6.07 Å². The van der Waals surface area contributed by atoms with Crippen molar-refractivity contribution in [2.75, 3.05) is 11.9 Å². The van der Waals surface area contributed by atoms with Crippen molar-refractivity contribution in [2.45, 2.75) is 44.7 Å². The Hall–Kier alpha value is -2.02. The summed E-state index contributed by atoms with van der Waals surface area (Å²) in [4.78, 5) is 14.6. The van der Waals surface area contributed by atoms with Gasteiger partial charge in [0.1, 0.15) is 0 Å². The summed E-state index contributed by atoms with van der Waals surface area (Å²) in [5.74, 6) is 0.908. The molecule has 2 saturated carbocycles. The van der Waals surface area contributed by atoms with Crippen LogP contribution in [0.4, 0.5) is 5.69 Å². The molecule has 21 heavy (non-hydrogen) atoms. The Kier molecular flexibility index (Phi) is 3.83. The summed E-state index contributed by atoms with van der Waals surface area (Å²) in [5, 5.41) is 11.9. The van der Waals surface area contributed by atoms with E-state index in [1.165, 1.54) is 12.8 Å². The van der Waals surface area contributed by atoms with E-state index in [2.05, 4.69) is 23.2 Å². The highest BCUT2D eigenvalue weighted by atomic mass is 16.2. The van der Waals surface area contributed by atoms with Crippen molar-refractivity contribution in [3.63, 3.8) is 0 Å². The fraction of sp³-hybridized carbons (Fsp3) is 0.529. The van der Waals surface area contributed by atoms with Crippen LogP contribution in [0, 0.1) is 17.2 Å². The second-order valence-electron chi connectivity index (χ2n) is 6.15. The van der Waals surface area contributed by atoms with E-state index in [-0.39, 0.29) is 5.91 Å². The Balaban J connectivity index is 1.57. The van der Waals surface area contributed by atoms with Crippen LogP contribution in [0.25, 0.3) is 0 Å². The van der Waals surface area contributed by atoms with Crippen molar-refractivity contribution in [2.24, 2.45) is 5.92 Å². The molecule has 1 atom stereocenters. The van der Waals surface area contributed by atoms with Crippen LogP contribution in [-0.4, -0.2) is 29.4 Å². The summed E-state index contributed by atoms with van der Waals surface area (Å²) in [6.07, 6.45) is 4.83. The van der Waals surface area contributed by atoms with E-state index >= 15 is 0 Å². The number of rotatable bonds is 6. The van der Waals surface area contributed by atoms with Crippen molar-refractivity contribution in [1.82, 2.24) is 4.90 Å². The summed E-state index contributed by atoms with van der Waals surface area (Å²) in [5.41, 5.74) is 1.52. The second kappa shape index (κ2) is 5.77. The molecule has 1 N–H and O–H groups in total. The summed E-state index contributed by atoms with van der Waals surface area (Å²) in [6.45, 7) is 2.52. The highest BCUT2D eigenvalue weighted by Gasteiger charge is 2.41. The molecule has 1 aromatic rings. The van der Waals surface area contributed by atoms with Gasteiger partial charge in [0.05, 0.1) is 18.2 Å². The molecule has 1 aromatic carbocycles. The molecule has 0 heterocycles. The van der Waals surface area contributed by atoms with Gasteiger partial charge in [0.25, 0.3) is 0 Å². The number of hydrogen-bond donors (Lipinski definition) is 1. The maximum absolute atomic E-state index is 12.5. The van der Waals surface area contributed by atoms with Gasteiger partial charge in [-0.15, -0.1) is 0 Å². The smallest absolute Gasteiger partial charge is 0.242 e. The van der Waals surface area contributed by atoms with E-state index in [1.54, 1.807) is 12.1 Å². The minimum absolute atomic E-state index is 0.196. The van der Waals surface area contributed by atoms with E-state index in [4.69, 9.17) is 5.26 Å². The maximum atomic E-state index is 12.5. The monoisotopic (exact) mass is 283 g/mol. The highest BCUT2D eigenvalue weighted by Crippen LogP contribution is 2.39. The third kappa shape index (κ3) is 3.36. The number of nitriles is 1. The van der Waals surface area contributed by atoms with Crippen molar-refractivity contribution >= 4 is 11.6 Å². The van der Waals surface area contributed by atoms with E-state index in [9.17, 15) is 4.79 Å². The number of anilines is 1. The molecule has 1 amide bonds. The van der Waals surface area contributed by atoms with Crippen molar-refractivity contribution < 1.29 is 4.79 Å². The molecule has 0 bridgehead atoms. The lowest BCUT2D eigenvalue weighted by atomic mass is 10.1. The lowest BCUT2D eigenvalue weighted by Crippen LogP contribution is -2.44. The van der Waals surface area contributed by atoms with E-state index in [0.717, 1.165) is 18.5 Å². The number of benzene rings is 1. The van der Waals surface area contributed by atoms with Crippen LogP contribution in [0.5, 0.6) is 0 Å². The normalized spacial score (nSPS) is 18.7. The molecule has 3 rings (SSSR count). The Morgan fingerprint density at radius 3 is 2.52 bits per heavy atom. The van der Waals surface area contributed by atoms with Crippen LogP contribution in [0.15, 0.2) is 24.3 Å². The number of carbonyl (C=O) groups excluding carboxylic acids is 1. The van der Waals surface area contributed by atoms with Crippen molar-refractivity contribution in [3.05, 3.63) is 29.8 Å². The van der Waals surface area contributed by atoms with E-state index in [0.29, 0.717) is 30.1 Å². The zero-order valence-corrected chi connectivity index (χ0v) is 12.4. The molecule has 0 aromatic heterocycles. The average molecular weight is 283 g/mol. The Morgan fingerprint density at radius 1 is 1.33 bits per heavy atom. The van der Waals surface area contributed by atoms with Crippen LogP contribution >= 0.6 is 0 Å². The van der Waals surface area contributed by atoms with Crippen LogP contribution in [0.1, 0.15) is 38.2 Å². The SMILES string of the molecule is C[C@H](C1CC1)N(C(=O)CNc1ccc(C#N)cc1)C1CC1. The van der Waals surface area contributed by atoms with Crippen LogP contribution in [0.3, 0.4) is 0 Å². The van der Waals surface area contributed by atoms with Crippen LogP contribution in [0.2, 0.25) is 0 Å². The Morgan fingerprint density at radius 2 is 2.00 bits per heavy atom. The summed E-state index contributed by atoms with van der Waals surface area (Å²) in [6, 6.07) is 10.2. The predicted molar refractivity (Wildman–Crippen MR) is 81.7 cm³/mol. The second-order valence-corrected chi connectivity index (χ2v) is 6.15. The summed E-state index contributed by atoms with van der Waals surface area (Å²) >= 11 is 0. The number of nitrogens with one attached hydrogen (secondary N) is 1. The molecule has 4 heteroatoms. The molecule has 0 spiro atoms. The molecule has 2 aliphatic rings. The van der Waals surface area contributed by atoms with Crippen molar-refractivity contribution in [1.29, 1.82) is 5.26 Å². The zero-order chi connectivity index (χ0) is 14.8. The summed E-state index contributed by atoms with van der Waals surface area (Å²) < 4.78 is 0. The minimum atomic E-state index is 0.196. The van der Waals surface area contributed by atoms with Gasteiger partial charge in [-0.1, -0.05) is 0 Å². The molecular formula is C17H21N3O. The number of hydrogen-bond acceptors (Lipinski definition) is 3. The summed E-state index contributed by atoms with van der Waals surface area (Å²) in [7, 11) is 0. The molecule has 0 radical (unpaired) electrons. The molecule has 2 aliphatic carbocycles. The molecule has 0 saturated heterocycles. The first-order valence-electron chi connectivity index (χ1n) is 7.74. The predicted octanol–water partition coefficient (Wildman–Crippen LogP) is 2.76. The van der Waals surface area contributed by atoms with E-state index in [1.807, 2.05) is 12.1 Å². The van der Waals surface area contributed by atoms with Gasteiger partial charge in [-0.3, -0.25) is 4.79 Å². The first kappa shape index (κ1) is 13.9. The quantitative estimate of drug-likeness (QED) is 0.873. The third-order valence-corrected chi connectivity index (χ3v) is 4.43. The van der Waals surface area contributed by atoms with Crippen LogP contribution < -0.4 is 5.32 Å². The molecule has 0 aliphatic heterocycles. The van der Waals surface area contributed by atoms with Gasteiger partial charge < -0.3 is 10.2 Å². The molecule has 4 nitrogen and oxygen atoms in total. The van der Waals surface area contributed by atoms with Gasteiger partial charge in [0, 0.05) is 17.8 Å². The standard InChI is InChI=1S/C17H21N3O/c1-12(14-4-5-14)20(16-8-9-16)17(21)11-19-15-6-2-13(10-18)3-7-15/h2-3,6-7,12,14,16,19H,4-5,8-9,11H2,1H3/t12-/m1/s1. The van der Waals surface area contributed by atoms with Gasteiger partial charge in [0.15, 0.2) is 0 Å². The fourth-order valence-electron chi connectivity index (χ4n) is 2.85. The number of carbonyl (C=O) groups is 1. The molecule has 2 fully saturated rings. The lowest BCUT2D eigenvalue weighted by molar-refractivity contribution is -0.132. The van der Waals surface area contributed by atoms with Gasteiger partial charge in [0.2, 0.25) is 5.91 Å². The highest BCUT2D eigenvalue weighted by molar-refractivity contribution is 5.81. The Labute approximate surface area is 125 Å². The van der Waals surface area contributed by atoms with E-state index < -0.39 is 0 Å². The van der Waals surface area contributed by atoms with Gasteiger partial charge in [-0.05, 0) is 62.8 Å². The first-order chi connectivity index (χ1) is 10.2.